The topological polar surface area (TPSA) is 71.5 Å². The van der Waals surface area contributed by atoms with Gasteiger partial charge in [-0.05, 0) is 50.9 Å². The molecule has 3 heterocycles. The van der Waals surface area contributed by atoms with Crippen LogP contribution in [0.4, 0.5) is 10.6 Å². The van der Waals surface area contributed by atoms with E-state index in [2.05, 4.69) is 19.9 Å². The largest absolute Gasteiger partial charge is 0.444 e. The minimum atomic E-state index is -0.510. The lowest BCUT2D eigenvalue weighted by molar-refractivity contribution is 0.0238. The fourth-order valence-corrected chi connectivity index (χ4v) is 3.05. The number of carbonyl (C=O) groups excluding carboxylic acids is 1. The highest BCUT2D eigenvalue weighted by Gasteiger charge is 2.32. The Hall–Kier alpha value is -2.15. The minimum Gasteiger partial charge on any atom is -0.444 e. The molecule has 134 valence electrons. The summed E-state index contributed by atoms with van der Waals surface area (Å²) < 4.78 is 5.45. The normalized spacial score (nSPS) is 17.8. The van der Waals surface area contributed by atoms with Crippen LogP contribution in [0.15, 0.2) is 18.3 Å². The van der Waals surface area contributed by atoms with Gasteiger partial charge in [-0.2, -0.15) is 4.98 Å². The third kappa shape index (κ3) is 3.92. The fraction of sp³-hybridized carbons (Fsp3) is 0.529. The molecule has 2 aromatic rings. The molecule has 2 aromatic heterocycles. The lowest BCUT2D eigenvalue weighted by Crippen LogP contribution is -2.42. The second-order valence-corrected chi connectivity index (χ2v) is 7.51. The van der Waals surface area contributed by atoms with Crippen LogP contribution in [0.5, 0.6) is 0 Å². The molecule has 1 aliphatic rings. The molecule has 0 aromatic carbocycles. The van der Waals surface area contributed by atoms with E-state index in [4.69, 9.17) is 16.3 Å². The lowest BCUT2D eigenvalue weighted by Gasteiger charge is -2.28. The van der Waals surface area contributed by atoms with Crippen molar-refractivity contribution >= 4 is 34.5 Å². The molecule has 3 rings (SSSR count). The number of carbonyl (C=O) groups is 1. The molecule has 25 heavy (non-hydrogen) atoms. The van der Waals surface area contributed by atoms with E-state index in [1.54, 1.807) is 18.1 Å². The van der Waals surface area contributed by atoms with E-state index < -0.39 is 5.60 Å². The molecular formula is C17H22ClN5O2. The summed E-state index contributed by atoms with van der Waals surface area (Å²) in [6.45, 7) is 6.99. The van der Waals surface area contributed by atoms with Gasteiger partial charge in [0.05, 0.1) is 11.6 Å². The summed E-state index contributed by atoms with van der Waals surface area (Å²) in [5.74, 6) is 0.704. The lowest BCUT2D eigenvalue weighted by atomic mass is 10.2. The fourth-order valence-electron chi connectivity index (χ4n) is 2.88. The highest BCUT2D eigenvalue weighted by molar-refractivity contribution is 6.28. The Kier molecular flexibility index (Phi) is 4.69. The van der Waals surface area contributed by atoms with Gasteiger partial charge in [-0.25, -0.2) is 9.78 Å². The molecule has 1 aliphatic heterocycles. The Morgan fingerprint density at radius 3 is 2.88 bits per heavy atom. The molecule has 1 saturated heterocycles. The number of hydrogen-bond acceptors (Lipinski definition) is 6. The van der Waals surface area contributed by atoms with E-state index >= 15 is 0 Å². The number of aromatic nitrogens is 3. The summed E-state index contributed by atoms with van der Waals surface area (Å²) in [7, 11) is 1.77. The number of anilines is 1. The van der Waals surface area contributed by atoms with Crippen LogP contribution in [-0.4, -0.2) is 57.7 Å². The number of fused-ring (bicyclic) bond motifs is 1. The van der Waals surface area contributed by atoms with Crippen molar-refractivity contribution in [1.29, 1.82) is 0 Å². The first-order chi connectivity index (χ1) is 11.7. The van der Waals surface area contributed by atoms with E-state index in [1.165, 1.54) is 0 Å². The molecule has 0 unspecified atom stereocenters. The molecule has 0 N–H and O–H groups in total. The number of halogens is 1. The van der Waals surface area contributed by atoms with Gasteiger partial charge in [-0.1, -0.05) is 0 Å². The van der Waals surface area contributed by atoms with Crippen LogP contribution >= 0.6 is 11.6 Å². The number of amides is 1. The maximum Gasteiger partial charge on any atom is 0.410 e. The quantitative estimate of drug-likeness (QED) is 0.763. The van der Waals surface area contributed by atoms with Gasteiger partial charge in [-0.3, -0.25) is 4.98 Å². The summed E-state index contributed by atoms with van der Waals surface area (Å²) in [4.78, 5) is 29.0. The molecule has 0 saturated carbocycles. The SMILES string of the molecule is CN(C(=O)OC(C)(C)C)[C@H]1CCN(c2nc(Cl)nc3cccnc23)C1. The van der Waals surface area contributed by atoms with Gasteiger partial charge in [0.1, 0.15) is 11.1 Å². The predicted molar refractivity (Wildman–Crippen MR) is 97.0 cm³/mol. The summed E-state index contributed by atoms with van der Waals surface area (Å²) >= 11 is 6.06. The van der Waals surface area contributed by atoms with Gasteiger partial charge in [0, 0.05) is 26.3 Å². The van der Waals surface area contributed by atoms with Gasteiger partial charge in [0.2, 0.25) is 5.28 Å². The standard InChI is InChI=1S/C17H22ClN5O2/c1-17(2,3)25-16(24)22(4)11-7-9-23(10-11)14-13-12(6-5-8-19-13)20-15(18)21-14/h5-6,8,11H,7,9-10H2,1-4H3/t11-/m0/s1. The molecule has 0 radical (unpaired) electrons. The number of nitrogens with zero attached hydrogens (tertiary/aromatic N) is 5. The monoisotopic (exact) mass is 363 g/mol. The number of likely N-dealkylation sites (N-methyl/N-ethyl adjacent to an activating group) is 1. The van der Waals surface area contributed by atoms with Gasteiger partial charge in [0.25, 0.3) is 0 Å². The van der Waals surface area contributed by atoms with Gasteiger partial charge in [-0.15, -0.1) is 0 Å². The van der Waals surface area contributed by atoms with Crippen LogP contribution in [-0.2, 0) is 4.74 Å². The summed E-state index contributed by atoms with van der Waals surface area (Å²) in [5, 5.41) is 0.194. The van der Waals surface area contributed by atoms with Crippen molar-refractivity contribution in [2.75, 3.05) is 25.0 Å². The van der Waals surface area contributed by atoms with E-state index in [-0.39, 0.29) is 17.4 Å². The molecule has 8 heteroatoms. The van der Waals surface area contributed by atoms with Gasteiger partial charge >= 0.3 is 6.09 Å². The molecule has 0 aliphatic carbocycles. The summed E-state index contributed by atoms with van der Waals surface area (Å²) in [6, 6.07) is 3.72. The minimum absolute atomic E-state index is 0.0438. The highest BCUT2D eigenvalue weighted by Crippen LogP contribution is 2.28. The average Bonchev–Trinajstić information content (AvgIpc) is 3.01. The zero-order chi connectivity index (χ0) is 18.2. The molecule has 1 atom stereocenters. The van der Waals surface area contributed by atoms with Crippen LogP contribution in [0.3, 0.4) is 0 Å². The summed E-state index contributed by atoms with van der Waals surface area (Å²) in [6.07, 6.45) is 2.22. The maximum atomic E-state index is 12.3. The number of hydrogen-bond donors (Lipinski definition) is 0. The van der Waals surface area contributed by atoms with Gasteiger partial charge < -0.3 is 14.5 Å². The Bertz CT molecular complexity index is 792. The van der Waals surface area contributed by atoms with E-state index in [9.17, 15) is 4.79 Å². The third-order valence-electron chi connectivity index (χ3n) is 4.10. The van der Waals surface area contributed by atoms with E-state index in [0.29, 0.717) is 23.4 Å². The first kappa shape index (κ1) is 17.7. The van der Waals surface area contributed by atoms with Gasteiger partial charge in [0.15, 0.2) is 5.82 Å². The second-order valence-electron chi connectivity index (χ2n) is 7.17. The number of pyridine rings is 1. The predicted octanol–water partition coefficient (Wildman–Crippen LogP) is 3.12. The Balaban J connectivity index is 1.78. The van der Waals surface area contributed by atoms with E-state index in [1.807, 2.05) is 32.9 Å². The number of ether oxygens (including phenoxy) is 1. The second kappa shape index (κ2) is 6.63. The molecule has 1 fully saturated rings. The molecule has 7 nitrogen and oxygen atoms in total. The Labute approximate surface area is 152 Å². The smallest absolute Gasteiger partial charge is 0.410 e. The van der Waals surface area contributed by atoms with Crippen molar-refractivity contribution in [2.24, 2.45) is 0 Å². The third-order valence-corrected chi connectivity index (χ3v) is 4.27. The van der Waals surface area contributed by atoms with Crippen LogP contribution in [0.25, 0.3) is 11.0 Å². The molecular weight excluding hydrogens is 342 g/mol. The van der Waals surface area contributed by atoms with Crippen LogP contribution in [0, 0.1) is 0 Å². The van der Waals surface area contributed by atoms with Crippen molar-refractivity contribution in [3.05, 3.63) is 23.6 Å². The number of rotatable bonds is 2. The highest BCUT2D eigenvalue weighted by atomic mass is 35.5. The molecule has 1 amide bonds. The maximum absolute atomic E-state index is 12.3. The first-order valence-electron chi connectivity index (χ1n) is 8.23. The van der Waals surface area contributed by atoms with Crippen molar-refractivity contribution < 1.29 is 9.53 Å². The Morgan fingerprint density at radius 2 is 2.16 bits per heavy atom. The van der Waals surface area contributed by atoms with Crippen molar-refractivity contribution in [3.63, 3.8) is 0 Å². The molecule has 0 bridgehead atoms. The first-order valence-corrected chi connectivity index (χ1v) is 8.61. The zero-order valence-electron chi connectivity index (χ0n) is 14.9. The molecule has 0 spiro atoms. The van der Waals surface area contributed by atoms with Crippen molar-refractivity contribution in [2.45, 2.75) is 38.8 Å². The van der Waals surface area contributed by atoms with Crippen molar-refractivity contribution in [1.82, 2.24) is 19.9 Å². The van der Waals surface area contributed by atoms with E-state index in [0.717, 1.165) is 13.0 Å². The zero-order valence-corrected chi connectivity index (χ0v) is 15.6. The average molecular weight is 364 g/mol. The van der Waals surface area contributed by atoms with Crippen LogP contribution in [0.2, 0.25) is 5.28 Å². The van der Waals surface area contributed by atoms with Crippen LogP contribution in [0.1, 0.15) is 27.2 Å². The van der Waals surface area contributed by atoms with Crippen LogP contribution < -0.4 is 4.90 Å². The van der Waals surface area contributed by atoms with Crippen molar-refractivity contribution in [3.8, 4) is 0 Å². The Morgan fingerprint density at radius 1 is 1.40 bits per heavy atom. The summed E-state index contributed by atoms with van der Waals surface area (Å²) in [5.41, 5.74) is 0.915.